The average molecular weight is 443 g/mol. The first-order valence-electron chi connectivity index (χ1n) is 10.8. The maximum Gasteiger partial charge on any atom is 0.264 e. The van der Waals surface area contributed by atoms with Gasteiger partial charge >= 0.3 is 0 Å². The third-order valence-corrected chi connectivity index (χ3v) is 7.15. The van der Waals surface area contributed by atoms with Gasteiger partial charge in [-0.2, -0.15) is 0 Å². The molecule has 0 atom stereocenters. The summed E-state index contributed by atoms with van der Waals surface area (Å²) in [5, 5.41) is 0. The Labute approximate surface area is 187 Å². The Balaban J connectivity index is 1.50. The minimum atomic E-state index is -1.15. The van der Waals surface area contributed by atoms with Crippen molar-refractivity contribution in [3.05, 3.63) is 67.0 Å². The van der Waals surface area contributed by atoms with Gasteiger partial charge in [-0.05, 0) is 41.9 Å². The van der Waals surface area contributed by atoms with Crippen molar-refractivity contribution in [2.45, 2.75) is 32.4 Å². The van der Waals surface area contributed by atoms with Gasteiger partial charge in [-0.25, -0.2) is 9.97 Å². The van der Waals surface area contributed by atoms with E-state index in [1.165, 1.54) is 0 Å². The molecule has 3 aromatic heterocycles. The quantitative estimate of drug-likeness (QED) is 0.221. The summed E-state index contributed by atoms with van der Waals surface area (Å²) in [4.78, 5) is 13.7. The van der Waals surface area contributed by atoms with Crippen LogP contribution in [0.2, 0.25) is 25.7 Å². The summed E-state index contributed by atoms with van der Waals surface area (Å²) >= 11 is 0. The molecule has 32 heavy (non-hydrogen) atoms. The molecule has 0 fully saturated rings. The van der Waals surface area contributed by atoms with Crippen molar-refractivity contribution < 1.29 is 9.15 Å². The Hall–Kier alpha value is -3.29. The van der Waals surface area contributed by atoms with Crippen molar-refractivity contribution in [1.82, 2.24) is 19.5 Å². The Kier molecular flexibility index (Phi) is 5.36. The van der Waals surface area contributed by atoms with Gasteiger partial charge in [-0.15, -0.1) is 0 Å². The van der Waals surface area contributed by atoms with E-state index in [1.807, 2.05) is 59.3 Å². The summed E-state index contributed by atoms with van der Waals surface area (Å²) in [7, 11) is -1.15. The molecule has 0 N–H and O–H groups in total. The number of nitrogens with zero attached hydrogens (tertiary/aromatic N) is 4. The maximum atomic E-state index is 6.18. The van der Waals surface area contributed by atoms with Gasteiger partial charge in [0.25, 0.3) is 5.89 Å². The molecule has 162 valence electrons. The Morgan fingerprint density at radius 1 is 0.938 bits per heavy atom. The third kappa shape index (κ3) is 4.22. The monoisotopic (exact) mass is 442 g/mol. The molecule has 0 saturated carbocycles. The molecule has 0 radical (unpaired) electrons. The van der Waals surface area contributed by atoms with Crippen LogP contribution in [0.3, 0.4) is 0 Å². The number of rotatable bonds is 7. The molecule has 0 spiro atoms. The van der Waals surface area contributed by atoms with Crippen molar-refractivity contribution in [2.75, 3.05) is 6.61 Å². The number of aromatic nitrogens is 4. The second-order valence-electron chi connectivity index (χ2n) is 9.14. The van der Waals surface area contributed by atoms with Crippen LogP contribution in [0.4, 0.5) is 0 Å². The van der Waals surface area contributed by atoms with Crippen LogP contribution in [0.25, 0.3) is 45.0 Å². The van der Waals surface area contributed by atoms with Gasteiger partial charge in [0.05, 0.1) is 11.0 Å². The van der Waals surface area contributed by atoms with E-state index in [2.05, 4.69) is 30.7 Å². The maximum absolute atomic E-state index is 6.18. The van der Waals surface area contributed by atoms with Crippen molar-refractivity contribution in [3.8, 4) is 22.8 Å². The molecule has 5 aromatic rings. The molecule has 0 amide bonds. The second-order valence-corrected chi connectivity index (χ2v) is 14.8. The lowest BCUT2D eigenvalue weighted by Gasteiger charge is -2.16. The fourth-order valence-corrected chi connectivity index (χ4v) is 4.39. The molecule has 7 heteroatoms. The molecule has 3 heterocycles. The topological polar surface area (TPSA) is 66.0 Å². The summed E-state index contributed by atoms with van der Waals surface area (Å²) in [6.07, 6.45) is 3.61. The van der Waals surface area contributed by atoms with E-state index < -0.39 is 8.07 Å². The van der Waals surface area contributed by atoms with E-state index in [0.29, 0.717) is 18.4 Å². The number of oxazole rings is 1. The standard InChI is InChI=1S/C25H26N4O2Si/c1-32(2,3)14-13-30-17-29-22-9-5-4-8-20(22)27-24(29)25-28-21-11-10-18(15-23(21)31-25)19-7-6-12-26-16-19/h4-12,15-16H,13-14,17H2,1-3H3. The number of benzene rings is 2. The highest BCUT2D eigenvalue weighted by molar-refractivity contribution is 6.76. The predicted molar refractivity (Wildman–Crippen MR) is 130 cm³/mol. The number of ether oxygens (including phenoxy) is 1. The number of hydrogen-bond donors (Lipinski definition) is 0. The van der Waals surface area contributed by atoms with E-state index >= 15 is 0 Å². The number of imidazole rings is 1. The van der Waals surface area contributed by atoms with E-state index in [-0.39, 0.29) is 0 Å². The minimum Gasteiger partial charge on any atom is -0.434 e. The summed E-state index contributed by atoms with van der Waals surface area (Å²) < 4.78 is 14.3. The molecule has 2 aromatic carbocycles. The Morgan fingerprint density at radius 3 is 2.62 bits per heavy atom. The zero-order chi connectivity index (χ0) is 22.1. The first kappa shape index (κ1) is 20.6. The molecule has 0 aliphatic carbocycles. The molecule has 0 aliphatic rings. The van der Waals surface area contributed by atoms with Crippen LogP contribution in [0.1, 0.15) is 0 Å². The molecule has 0 aliphatic heterocycles. The highest BCUT2D eigenvalue weighted by Gasteiger charge is 2.19. The fourth-order valence-electron chi connectivity index (χ4n) is 3.64. The minimum absolute atomic E-state index is 0.417. The van der Waals surface area contributed by atoms with Crippen LogP contribution in [0.15, 0.2) is 71.4 Å². The van der Waals surface area contributed by atoms with Crippen molar-refractivity contribution >= 4 is 30.2 Å². The molecule has 0 saturated heterocycles. The van der Waals surface area contributed by atoms with Crippen LogP contribution in [-0.2, 0) is 11.5 Å². The van der Waals surface area contributed by atoms with Crippen molar-refractivity contribution in [1.29, 1.82) is 0 Å². The zero-order valence-corrected chi connectivity index (χ0v) is 19.6. The molecular weight excluding hydrogens is 416 g/mol. The van der Waals surface area contributed by atoms with E-state index in [4.69, 9.17) is 19.1 Å². The van der Waals surface area contributed by atoms with Crippen LogP contribution in [0, 0.1) is 0 Å². The number of fused-ring (bicyclic) bond motifs is 2. The van der Waals surface area contributed by atoms with Crippen molar-refractivity contribution in [2.24, 2.45) is 0 Å². The Morgan fingerprint density at radius 2 is 1.81 bits per heavy atom. The summed E-state index contributed by atoms with van der Waals surface area (Å²) in [5.74, 6) is 1.17. The van der Waals surface area contributed by atoms with Gasteiger partial charge in [0, 0.05) is 32.6 Å². The lowest BCUT2D eigenvalue weighted by molar-refractivity contribution is 0.0906. The molecule has 0 bridgehead atoms. The van der Waals surface area contributed by atoms with Gasteiger partial charge in [0.15, 0.2) is 11.4 Å². The van der Waals surface area contributed by atoms with Gasteiger partial charge in [0.2, 0.25) is 0 Å². The number of pyridine rings is 1. The first-order chi connectivity index (χ1) is 15.5. The van der Waals surface area contributed by atoms with E-state index in [0.717, 1.165) is 45.9 Å². The average Bonchev–Trinajstić information content (AvgIpc) is 3.37. The van der Waals surface area contributed by atoms with Crippen LogP contribution < -0.4 is 0 Å². The molecular formula is C25H26N4O2Si. The highest BCUT2D eigenvalue weighted by Crippen LogP contribution is 2.30. The first-order valence-corrected chi connectivity index (χ1v) is 14.5. The van der Waals surface area contributed by atoms with Gasteiger partial charge in [0.1, 0.15) is 12.2 Å². The number of hydrogen-bond acceptors (Lipinski definition) is 5. The fraction of sp³-hybridized carbons (Fsp3) is 0.240. The van der Waals surface area contributed by atoms with Gasteiger partial charge in [-0.1, -0.05) is 43.9 Å². The lowest BCUT2D eigenvalue weighted by Crippen LogP contribution is -2.22. The lowest BCUT2D eigenvalue weighted by atomic mass is 10.1. The highest BCUT2D eigenvalue weighted by atomic mass is 28.3. The summed E-state index contributed by atoms with van der Waals surface area (Å²) in [6.45, 7) is 8.22. The van der Waals surface area contributed by atoms with E-state index in [1.54, 1.807) is 6.20 Å². The van der Waals surface area contributed by atoms with Crippen molar-refractivity contribution in [3.63, 3.8) is 0 Å². The largest absolute Gasteiger partial charge is 0.434 e. The van der Waals surface area contributed by atoms with Gasteiger partial charge < -0.3 is 9.15 Å². The SMILES string of the molecule is C[Si](C)(C)CCOCn1c(-c2nc3ccc(-c4cccnc4)cc3o2)nc2ccccc21. The molecule has 6 nitrogen and oxygen atoms in total. The van der Waals surface area contributed by atoms with Gasteiger partial charge in [-0.3, -0.25) is 9.55 Å². The Bertz CT molecular complexity index is 1370. The summed E-state index contributed by atoms with van der Waals surface area (Å²) in [5.41, 5.74) is 5.50. The van der Waals surface area contributed by atoms with Crippen LogP contribution in [-0.4, -0.2) is 34.2 Å². The predicted octanol–water partition coefficient (Wildman–Crippen LogP) is 6.22. The second kappa shape index (κ2) is 8.33. The smallest absolute Gasteiger partial charge is 0.264 e. The van der Waals surface area contributed by atoms with E-state index in [9.17, 15) is 0 Å². The normalized spacial score (nSPS) is 12.1. The molecule has 5 rings (SSSR count). The molecule has 0 unspecified atom stereocenters. The van der Waals surface area contributed by atoms with Crippen LogP contribution >= 0.6 is 0 Å². The zero-order valence-electron chi connectivity index (χ0n) is 18.6. The summed E-state index contributed by atoms with van der Waals surface area (Å²) in [6, 6.07) is 19.1. The van der Waals surface area contributed by atoms with Crippen LogP contribution in [0.5, 0.6) is 0 Å². The number of para-hydroxylation sites is 2. The third-order valence-electron chi connectivity index (χ3n) is 5.45.